The number of allylic oxidation sites excluding steroid dienone is 2. The van der Waals surface area contributed by atoms with Crippen molar-refractivity contribution in [2.75, 3.05) is 0 Å². The fraction of sp³-hybridized carbons (Fsp3) is 0.643. The molecule has 0 atom stereocenters. The van der Waals surface area contributed by atoms with Gasteiger partial charge in [-0.2, -0.15) is 0 Å². The highest BCUT2D eigenvalue weighted by Crippen LogP contribution is 2.52. The number of hydrogen-bond acceptors (Lipinski definition) is 3. The maximum Gasteiger partial charge on any atom is 0.173 e. The predicted molar refractivity (Wildman–Crippen MR) is 72.7 cm³/mol. The van der Waals surface area contributed by atoms with Gasteiger partial charge in [0.15, 0.2) is 5.17 Å². The van der Waals surface area contributed by atoms with E-state index in [1.165, 1.54) is 55.8 Å². The smallest absolute Gasteiger partial charge is 0.173 e. The molecule has 90 valence electrons. The van der Waals surface area contributed by atoms with Crippen LogP contribution in [0.2, 0.25) is 0 Å². The van der Waals surface area contributed by atoms with Crippen LogP contribution in [0.1, 0.15) is 51.9 Å². The maximum absolute atomic E-state index is 5.16. The summed E-state index contributed by atoms with van der Waals surface area (Å²) in [6, 6.07) is 0. The number of nitrogens with zero attached hydrogens (tertiary/aromatic N) is 2. The first kappa shape index (κ1) is 10.2. The van der Waals surface area contributed by atoms with E-state index in [4.69, 9.17) is 4.99 Å². The van der Waals surface area contributed by atoms with Crippen molar-refractivity contribution >= 4 is 16.9 Å². The topological polar surface area (TPSA) is 15.6 Å². The summed E-state index contributed by atoms with van der Waals surface area (Å²) in [5, 5.41) is 3.51. The van der Waals surface area contributed by atoms with Crippen molar-refractivity contribution in [2.24, 2.45) is 4.99 Å². The highest BCUT2D eigenvalue weighted by atomic mass is 32.2. The summed E-state index contributed by atoms with van der Waals surface area (Å²) < 4.78 is 0. The number of thioether (sulfide) groups is 1. The zero-order chi connectivity index (χ0) is 11.5. The Balaban J connectivity index is 1.86. The summed E-state index contributed by atoms with van der Waals surface area (Å²) >= 11 is 1.82. The lowest BCUT2D eigenvalue weighted by Crippen LogP contribution is -2.37. The van der Waals surface area contributed by atoms with Gasteiger partial charge in [-0.1, -0.05) is 24.6 Å². The van der Waals surface area contributed by atoms with Crippen LogP contribution in [0.5, 0.6) is 0 Å². The maximum atomic E-state index is 5.16. The van der Waals surface area contributed by atoms with Gasteiger partial charge in [0.25, 0.3) is 0 Å². The molecule has 2 nitrogen and oxygen atoms in total. The quantitative estimate of drug-likeness (QED) is 0.641. The van der Waals surface area contributed by atoms with Crippen molar-refractivity contribution in [1.29, 1.82) is 0 Å². The number of hydrogen-bond donors (Lipinski definition) is 0. The molecule has 2 aliphatic carbocycles. The fourth-order valence-electron chi connectivity index (χ4n) is 3.90. The Morgan fingerprint density at radius 3 is 2.88 bits per heavy atom. The van der Waals surface area contributed by atoms with Crippen LogP contribution in [-0.2, 0) is 0 Å². The first-order valence-electron chi connectivity index (χ1n) is 6.76. The van der Waals surface area contributed by atoms with E-state index in [1.807, 2.05) is 11.8 Å². The summed E-state index contributed by atoms with van der Waals surface area (Å²) in [4.78, 5) is 7.59. The predicted octanol–water partition coefficient (Wildman–Crippen LogP) is 4.02. The Kier molecular flexibility index (Phi) is 2.05. The number of aliphatic imine (C=N–C) groups is 1. The van der Waals surface area contributed by atoms with Gasteiger partial charge in [-0.15, -0.1) is 0 Å². The van der Waals surface area contributed by atoms with Gasteiger partial charge in [0, 0.05) is 11.4 Å². The Morgan fingerprint density at radius 2 is 2.06 bits per heavy atom. The fourth-order valence-corrected chi connectivity index (χ4v) is 4.87. The molecule has 0 unspecified atom stereocenters. The van der Waals surface area contributed by atoms with Crippen molar-refractivity contribution in [3.8, 4) is 0 Å². The van der Waals surface area contributed by atoms with Crippen molar-refractivity contribution < 1.29 is 0 Å². The Labute approximate surface area is 107 Å². The molecule has 4 rings (SSSR count). The van der Waals surface area contributed by atoms with Crippen LogP contribution in [0.25, 0.3) is 0 Å². The molecule has 0 N–H and O–H groups in total. The molecule has 0 amide bonds. The summed E-state index contributed by atoms with van der Waals surface area (Å²) in [5.74, 6) is 0. The minimum atomic E-state index is 0.225. The van der Waals surface area contributed by atoms with E-state index in [-0.39, 0.29) is 5.54 Å². The Bertz CT molecular complexity index is 467. The van der Waals surface area contributed by atoms with Crippen molar-refractivity contribution in [3.63, 3.8) is 0 Å². The van der Waals surface area contributed by atoms with Crippen molar-refractivity contribution in [2.45, 2.75) is 57.4 Å². The van der Waals surface area contributed by atoms with Crippen LogP contribution >= 0.6 is 11.8 Å². The van der Waals surface area contributed by atoms with Gasteiger partial charge in [0.2, 0.25) is 0 Å². The van der Waals surface area contributed by atoms with Crippen LogP contribution in [0, 0.1) is 0 Å². The van der Waals surface area contributed by atoms with Gasteiger partial charge < -0.3 is 0 Å². The lowest BCUT2D eigenvalue weighted by atomic mass is 9.86. The van der Waals surface area contributed by atoms with Gasteiger partial charge in [-0.25, -0.2) is 0 Å². The first-order chi connectivity index (χ1) is 8.30. The number of amidine groups is 1. The molecule has 0 aromatic rings. The molecule has 1 saturated carbocycles. The van der Waals surface area contributed by atoms with E-state index in [9.17, 15) is 0 Å². The second-order valence-corrected chi connectivity index (χ2v) is 6.46. The van der Waals surface area contributed by atoms with E-state index in [2.05, 4.69) is 17.2 Å². The van der Waals surface area contributed by atoms with E-state index in [0.717, 1.165) is 0 Å². The van der Waals surface area contributed by atoms with Crippen LogP contribution in [-0.4, -0.2) is 15.6 Å². The molecule has 0 radical (unpaired) electrons. The van der Waals surface area contributed by atoms with Crippen LogP contribution in [0.15, 0.2) is 27.4 Å². The zero-order valence-electron chi connectivity index (χ0n) is 10.3. The third-order valence-corrected chi connectivity index (χ3v) is 5.58. The average Bonchev–Trinajstić information content (AvgIpc) is 2.99. The average molecular weight is 246 g/mol. The SMILES string of the molecule is CC1=CSC2=NC3(CCCC3)C3=C(CCC3)N12. The van der Waals surface area contributed by atoms with Crippen LogP contribution in [0.3, 0.4) is 0 Å². The molecular weight excluding hydrogens is 228 g/mol. The monoisotopic (exact) mass is 246 g/mol. The highest BCUT2D eigenvalue weighted by Gasteiger charge is 2.46. The summed E-state index contributed by atoms with van der Waals surface area (Å²) in [6.07, 6.45) is 9.22. The van der Waals surface area contributed by atoms with E-state index in [0.29, 0.717) is 0 Å². The van der Waals surface area contributed by atoms with E-state index in [1.54, 1.807) is 11.3 Å². The summed E-state index contributed by atoms with van der Waals surface area (Å²) in [7, 11) is 0. The normalized spacial score (nSPS) is 29.6. The standard InChI is InChI=1S/C14H18N2S/c1-10-9-17-13-15-14(7-2-3-8-14)11-5-4-6-12(11)16(10)13/h9H,2-8H2,1H3. The molecule has 2 aliphatic heterocycles. The van der Waals surface area contributed by atoms with Gasteiger partial charge in [-0.3, -0.25) is 9.89 Å². The summed E-state index contributed by atoms with van der Waals surface area (Å²) in [6.45, 7) is 2.21. The third kappa shape index (κ3) is 1.26. The second-order valence-electron chi connectivity index (χ2n) is 5.62. The number of fused-ring (bicyclic) bond motifs is 3. The first-order valence-corrected chi connectivity index (χ1v) is 7.64. The highest BCUT2D eigenvalue weighted by molar-refractivity contribution is 8.16. The van der Waals surface area contributed by atoms with Crippen molar-refractivity contribution in [3.05, 3.63) is 22.4 Å². The zero-order valence-corrected chi connectivity index (χ0v) is 11.1. The molecule has 0 aromatic carbocycles. The Hall–Kier alpha value is -0.700. The molecule has 1 fully saturated rings. The molecule has 2 heterocycles. The molecule has 0 saturated heterocycles. The van der Waals surface area contributed by atoms with E-state index < -0.39 is 0 Å². The molecule has 1 spiro atoms. The third-order valence-electron chi connectivity index (χ3n) is 4.64. The van der Waals surface area contributed by atoms with Crippen molar-refractivity contribution in [1.82, 2.24) is 4.90 Å². The largest absolute Gasteiger partial charge is 0.297 e. The van der Waals surface area contributed by atoms with Gasteiger partial charge in [-0.05, 0) is 50.0 Å². The minimum absolute atomic E-state index is 0.225. The van der Waals surface area contributed by atoms with E-state index >= 15 is 0 Å². The molecule has 3 heteroatoms. The van der Waals surface area contributed by atoms with Gasteiger partial charge in [0.05, 0.1) is 5.54 Å². The Morgan fingerprint density at radius 1 is 1.24 bits per heavy atom. The molecular formula is C14H18N2S. The van der Waals surface area contributed by atoms with Crippen LogP contribution < -0.4 is 0 Å². The number of rotatable bonds is 0. The van der Waals surface area contributed by atoms with Gasteiger partial charge >= 0.3 is 0 Å². The lowest BCUT2D eigenvalue weighted by molar-refractivity contribution is 0.463. The molecule has 0 bridgehead atoms. The second kappa shape index (κ2) is 3.41. The van der Waals surface area contributed by atoms with Crippen LogP contribution in [0.4, 0.5) is 0 Å². The minimum Gasteiger partial charge on any atom is -0.297 e. The lowest BCUT2D eigenvalue weighted by Gasteiger charge is -2.37. The van der Waals surface area contributed by atoms with Gasteiger partial charge in [0.1, 0.15) is 0 Å². The molecule has 17 heavy (non-hydrogen) atoms. The molecule has 0 aromatic heterocycles. The summed E-state index contributed by atoms with van der Waals surface area (Å²) in [5.41, 5.74) is 4.89. The molecule has 4 aliphatic rings.